The molecular weight excluding hydrogens is 232 g/mol. The van der Waals surface area contributed by atoms with Crippen LogP contribution in [0.15, 0.2) is 65.3 Å². The molecule has 0 saturated heterocycles. The van der Waals surface area contributed by atoms with Crippen molar-refractivity contribution in [2.75, 3.05) is 0 Å². The fourth-order valence-electron chi connectivity index (χ4n) is 2.94. The van der Waals surface area contributed by atoms with Crippen molar-refractivity contribution in [2.45, 2.75) is 12.8 Å². The van der Waals surface area contributed by atoms with E-state index < -0.39 is 0 Å². The highest BCUT2D eigenvalue weighted by atomic mass is 16.3. The predicted octanol–water partition coefficient (Wildman–Crippen LogP) is 4.71. The second-order valence-corrected chi connectivity index (χ2v) is 4.98. The van der Waals surface area contributed by atoms with E-state index in [9.17, 15) is 0 Å². The first kappa shape index (κ1) is 10.6. The van der Waals surface area contributed by atoms with Gasteiger partial charge in [0.05, 0.1) is 6.26 Å². The molecule has 1 nitrogen and oxygen atoms in total. The number of hydrogen-bond acceptors (Lipinski definition) is 1. The van der Waals surface area contributed by atoms with Gasteiger partial charge in [-0.05, 0) is 24.0 Å². The molecule has 4 rings (SSSR count). The van der Waals surface area contributed by atoms with Crippen LogP contribution < -0.4 is 0 Å². The van der Waals surface area contributed by atoms with Gasteiger partial charge >= 0.3 is 0 Å². The lowest BCUT2D eigenvalue weighted by molar-refractivity contribution is 0.576. The van der Waals surface area contributed by atoms with Crippen LogP contribution in [0.2, 0.25) is 0 Å². The predicted molar refractivity (Wildman–Crippen MR) is 77.0 cm³/mol. The van der Waals surface area contributed by atoms with Crippen LogP contribution in [0.1, 0.15) is 11.1 Å². The van der Waals surface area contributed by atoms with Crippen molar-refractivity contribution in [3.63, 3.8) is 0 Å². The molecule has 1 heteroatoms. The summed E-state index contributed by atoms with van der Waals surface area (Å²) in [5.74, 6) is 1.06. The topological polar surface area (TPSA) is 13.1 Å². The van der Waals surface area contributed by atoms with Gasteiger partial charge in [0.1, 0.15) is 5.76 Å². The summed E-state index contributed by atoms with van der Waals surface area (Å²) in [7, 11) is 0. The van der Waals surface area contributed by atoms with Crippen molar-refractivity contribution in [3.8, 4) is 22.5 Å². The highest BCUT2D eigenvalue weighted by molar-refractivity contribution is 5.78. The van der Waals surface area contributed by atoms with E-state index in [0.717, 1.165) is 18.6 Å². The number of rotatable bonds is 1. The van der Waals surface area contributed by atoms with E-state index in [0.29, 0.717) is 0 Å². The second kappa shape index (κ2) is 4.13. The Hall–Kier alpha value is -2.28. The Labute approximate surface area is 112 Å². The van der Waals surface area contributed by atoms with Crippen molar-refractivity contribution in [3.05, 3.63) is 72.0 Å². The van der Waals surface area contributed by atoms with Gasteiger partial charge in [-0.2, -0.15) is 0 Å². The van der Waals surface area contributed by atoms with E-state index in [2.05, 4.69) is 48.5 Å². The van der Waals surface area contributed by atoms with Crippen molar-refractivity contribution in [1.82, 2.24) is 0 Å². The Morgan fingerprint density at radius 3 is 2.42 bits per heavy atom. The van der Waals surface area contributed by atoms with Crippen molar-refractivity contribution in [2.24, 2.45) is 0 Å². The van der Waals surface area contributed by atoms with Crippen LogP contribution in [0.4, 0.5) is 0 Å². The number of aryl methyl sites for hydroxylation is 1. The standard InChI is InChI=1S/C18H14O/c1-2-6-13(7-3-1)17-12-19-18-15-9-5-4-8-14(15)10-11-16(17)18/h1-9,12H,10-11H2. The van der Waals surface area contributed by atoms with Gasteiger partial charge < -0.3 is 4.42 Å². The highest BCUT2D eigenvalue weighted by Gasteiger charge is 2.22. The molecule has 0 spiro atoms. The zero-order valence-corrected chi connectivity index (χ0v) is 10.6. The minimum atomic E-state index is 1.06. The molecule has 0 N–H and O–H groups in total. The van der Waals surface area contributed by atoms with Gasteiger partial charge in [0.2, 0.25) is 0 Å². The Morgan fingerprint density at radius 2 is 1.53 bits per heavy atom. The van der Waals surface area contributed by atoms with E-state index in [1.165, 1.54) is 27.8 Å². The smallest absolute Gasteiger partial charge is 0.137 e. The highest BCUT2D eigenvalue weighted by Crippen LogP contribution is 2.40. The number of benzene rings is 2. The maximum absolute atomic E-state index is 5.87. The van der Waals surface area contributed by atoms with Crippen LogP contribution in [-0.2, 0) is 12.8 Å². The molecule has 1 aliphatic carbocycles. The first-order chi connectivity index (χ1) is 9.43. The molecule has 0 atom stereocenters. The largest absolute Gasteiger partial charge is 0.463 e. The normalized spacial score (nSPS) is 12.8. The summed E-state index contributed by atoms with van der Waals surface area (Å²) < 4.78 is 5.87. The Bertz CT molecular complexity index is 709. The third-order valence-electron chi connectivity index (χ3n) is 3.88. The summed E-state index contributed by atoms with van der Waals surface area (Å²) in [6, 6.07) is 19.0. The lowest BCUT2D eigenvalue weighted by Crippen LogP contribution is -2.02. The number of hydrogen-bond donors (Lipinski definition) is 0. The molecule has 0 bridgehead atoms. The fourth-order valence-corrected chi connectivity index (χ4v) is 2.94. The molecular formula is C18H14O. The first-order valence-electron chi connectivity index (χ1n) is 6.67. The molecule has 0 fully saturated rings. The molecule has 1 heterocycles. The second-order valence-electron chi connectivity index (χ2n) is 4.98. The first-order valence-corrected chi connectivity index (χ1v) is 6.67. The molecule has 3 aromatic rings. The van der Waals surface area contributed by atoms with Gasteiger partial charge in [-0.1, -0.05) is 54.6 Å². The molecule has 0 unspecified atom stereocenters. The van der Waals surface area contributed by atoms with Crippen molar-refractivity contribution >= 4 is 0 Å². The maximum atomic E-state index is 5.87. The molecule has 0 saturated carbocycles. The molecule has 1 aromatic heterocycles. The van der Waals surface area contributed by atoms with Crippen LogP contribution in [0, 0.1) is 0 Å². The van der Waals surface area contributed by atoms with Gasteiger partial charge in [0, 0.05) is 16.7 Å². The molecule has 92 valence electrons. The Morgan fingerprint density at radius 1 is 0.737 bits per heavy atom. The summed E-state index contributed by atoms with van der Waals surface area (Å²) in [5, 5.41) is 0. The summed E-state index contributed by atoms with van der Waals surface area (Å²) in [6.45, 7) is 0. The SMILES string of the molecule is c1ccc(-c2coc3c2CCc2ccccc2-3)cc1. The van der Waals surface area contributed by atoms with Gasteiger partial charge in [0.25, 0.3) is 0 Å². The molecule has 1 aliphatic rings. The van der Waals surface area contributed by atoms with Gasteiger partial charge in [-0.25, -0.2) is 0 Å². The zero-order valence-electron chi connectivity index (χ0n) is 10.6. The quantitative estimate of drug-likeness (QED) is 0.606. The monoisotopic (exact) mass is 246 g/mol. The lowest BCUT2D eigenvalue weighted by atomic mass is 9.88. The average molecular weight is 246 g/mol. The van der Waals surface area contributed by atoms with E-state index in [1.54, 1.807) is 0 Å². The van der Waals surface area contributed by atoms with E-state index in [4.69, 9.17) is 4.42 Å². The minimum absolute atomic E-state index is 1.06. The van der Waals surface area contributed by atoms with Gasteiger partial charge in [0.15, 0.2) is 0 Å². The fraction of sp³-hybridized carbons (Fsp3) is 0.111. The number of furan rings is 1. The Kier molecular flexibility index (Phi) is 2.31. The third-order valence-corrected chi connectivity index (χ3v) is 3.88. The molecule has 0 aliphatic heterocycles. The molecule has 2 aromatic carbocycles. The van der Waals surface area contributed by atoms with Crippen molar-refractivity contribution in [1.29, 1.82) is 0 Å². The summed E-state index contributed by atoms with van der Waals surface area (Å²) in [4.78, 5) is 0. The summed E-state index contributed by atoms with van der Waals surface area (Å²) in [6.07, 6.45) is 4.07. The van der Waals surface area contributed by atoms with Crippen molar-refractivity contribution < 1.29 is 4.42 Å². The molecule has 0 amide bonds. The summed E-state index contributed by atoms with van der Waals surface area (Å²) >= 11 is 0. The number of fused-ring (bicyclic) bond motifs is 3. The zero-order chi connectivity index (χ0) is 12.7. The average Bonchev–Trinajstić information content (AvgIpc) is 2.92. The van der Waals surface area contributed by atoms with Crippen LogP contribution in [-0.4, -0.2) is 0 Å². The van der Waals surface area contributed by atoms with E-state index in [1.807, 2.05) is 12.3 Å². The summed E-state index contributed by atoms with van der Waals surface area (Å²) in [5.41, 5.74) is 6.48. The van der Waals surface area contributed by atoms with Gasteiger partial charge in [-0.15, -0.1) is 0 Å². The van der Waals surface area contributed by atoms with E-state index >= 15 is 0 Å². The molecule has 19 heavy (non-hydrogen) atoms. The Balaban J connectivity index is 1.91. The van der Waals surface area contributed by atoms with Crippen LogP contribution in [0.25, 0.3) is 22.5 Å². The maximum Gasteiger partial charge on any atom is 0.137 e. The third kappa shape index (κ3) is 1.62. The van der Waals surface area contributed by atoms with Crippen LogP contribution in [0.3, 0.4) is 0 Å². The molecule has 0 radical (unpaired) electrons. The van der Waals surface area contributed by atoms with E-state index in [-0.39, 0.29) is 0 Å². The van der Waals surface area contributed by atoms with Crippen LogP contribution in [0.5, 0.6) is 0 Å². The minimum Gasteiger partial charge on any atom is -0.463 e. The lowest BCUT2D eigenvalue weighted by Gasteiger charge is -2.15. The van der Waals surface area contributed by atoms with Crippen LogP contribution >= 0.6 is 0 Å². The van der Waals surface area contributed by atoms with Gasteiger partial charge in [-0.3, -0.25) is 0 Å².